The number of nitrogens with zero attached hydrogens (tertiary/aromatic N) is 1. The van der Waals surface area contributed by atoms with Gasteiger partial charge in [-0.2, -0.15) is 0 Å². The molecule has 0 atom stereocenters. The van der Waals surface area contributed by atoms with Crippen molar-refractivity contribution in [2.24, 2.45) is 0 Å². The lowest BCUT2D eigenvalue weighted by molar-refractivity contribution is 1.03. The molecule has 0 aliphatic carbocycles. The number of rotatable bonds is 12. The van der Waals surface area contributed by atoms with Crippen molar-refractivity contribution in [2.75, 3.05) is 18.5 Å². The summed E-state index contributed by atoms with van der Waals surface area (Å²) in [4.78, 5) is 2.28. The summed E-state index contributed by atoms with van der Waals surface area (Å²) in [6, 6.07) is 17.4. The summed E-state index contributed by atoms with van der Waals surface area (Å²) in [5.74, 6) is 0. The van der Waals surface area contributed by atoms with E-state index in [0.29, 0.717) is 0 Å². The molecule has 2 aromatic carbocycles. The van der Waals surface area contributed by atoms with Crippen LogP contribution in [0.1, 0.15) is 71.6 Å². The van der Waals surface area contributed by atoms with Crippen molar-refractivity contribution >= 4 is 17.3 Å². The molecule has 1 nitrogen and oxygen atoms in total. The molecule has 1 heteroatoms. The van der Waals surface area contributed by atoms with Gasteiger partial charge in [-0.15, -0.1) is 6.58 Å². The quantitative estimate of drug-likeness (QED) is 0.193. The number of benzene rings is 2. The van der Waals surface area contributed by atoms with Gasteiger partial charge in [-0.1, -0.05) is 142 Å². The second-order valence-electron chi connectivity index (χ2n) is 9.28. The van der Waals surface area contributed by atoms with E-state index >= 15 is 0 Å². The van der Waals surface area contributed by atoms with Gasteiger partial charge in [0.05, 0.1) is 0 Å². The lowest BCUT2D eigenvalue weighted by Crippen LogP contribution is -2.17. The molecule has 0 bridgehead atoms. The zero-order valence-electron chi connectivity index (χ0n) is 26.5. The minimum absolute atomic E-state index is 0.825. The molecule has 0 heterocycles. The summed E-state index contributed by atoms with van der Waals surface area (Å²) in [6.07, 6.45) is 25.1. The van der Waals surface area contributed by atoms with Crippen molar-refractivity contribution in [1.29, 1.82) is 0 Å². The van der Waals surface area contributed by atoms with Crippen molar-refractivity contribution in [3.63, 3.8) is 0 Å². The smallest absolute Gasteiger partial charge is 0.0439 e. The third-order valence-electron chi connectivity index (χ3n) is 5.56. The van der Waals surface area contributed by atoms with E-state index in [0.717, 1.165) is 25.0 Å². The topological polar surface area (TPSA) is 3.24 Å². The highest BCUT2D eigenvalue weighted by molar-refractivity contribution is 5.75. The molecule has 0 N–H and O–H groups in total. The van der Waals surface area contributed by atoms with Crippen molar-refractivity contribution in [2.45, 2.75) is 61.3 Å². The predicted octanol–water partition coefficient (Wildman–Crippen LogP) is 11.6. The van der Waals surface area contributed by atoms with Gasteiger partial charge in [0.25, 0.3) is 0 Å². The normalized spacial score (nSPS) is 11.5. The van der Waals surface area contributed by atoms with Crippen LogP contribution in [-0.2, 0) is 6.42 Å². The first kappa shape index (κ1) is 36.2. The van der Waals surface area contributed by atoms with Gasteiger partial charge >= 0.3 is 0 Å². The predicted molar refractivity (Wildman–Crippen MR) is 186 cm³/mol. The molecule has 0 fully saturated rings. The minimum atomic E-state index is 0.825. The van der Waals surface area contributed by atoms with E-state index in [-0.39, 0.29) is 0 Å². The largest absolute Gasteiger partial charge is 0.370 e. The van der Waals surface area contributed by atoms with Crippen LogP contribution in [0.5, 0.6) is 0 Å². The minimum Gasteiger partial charge on any atom is -0.370 e. The zero-order chi connectivity index (χ0) is 30.2. The van der Waals surface area contributed by atoms with Gasteiger partial charge < -0.3 is 4.90 Å². The van der Waals surface area contributed by atoms with Crippen LogP contribution >= 0.6 is 0 Å². The van der Waals surface area contributed by atoms with Gasteiger partial charge in [0, 0.05) is 19.3 Å². The number of para-hydroxylation sites is 1. The molecule has 0 amide bonds. The van der Waals surface area contributed by atoms with Crippen LogP contribution in [0.15, 0.2) is 134 Å². The summed E-state index contributed by atoms with van der Waals surface area (Å²) in [7, 11) is 2.14. The second kappa shape index (κ2) is 23.1. The zero-order valence-corrected chi connectivity index (χ0v) is 26.5. The number of hydrogen-bond donors (Lipinski definition) is 0. The summed E-state index contributed by atoms with van der Waals surface area (Å²) in [5, 5.41) is 0. The van der Waals surface area contributed by atoms with Crippen LogP contribution in [0, 0.1) is 0 Å². The highest BCUT2D eigenvalue weighted by Gasteiger charge is 2.04. The molecule has 0 saturated carbocycles. The fraction of sp³-hybridized carbons (Fsp3) is 0.282. The molecular formula is C39H53N. The second-order valence-corrected chi connectivity index (χ2v) is 9.28. The summed E-state index contributed by atoms with van der Waals surface area (Å²) < 4.78 is 0. The van der Waals surface area contributed by atoms with E-state index in [1.54, 1.807) is 6.08 Å². The molecule has 40 heavy (non-hydrogen) atoms. The molecule has 2 rings (SSSR count). The average Bonchev–Trinajstić information content (AvgIpc) is 2.96. The Hall–Kier alpha value is -3.84. The van der Waals surface area contributed by atoms with Gasteiger partial charge in [-0.3, -0.25) is 0 Å². The van der Waals surface area contributed by atoms with Gasteiger partial charge in [-0.25, -0.2) is 0 Å². The van der Waals surface area contributed by atoms with Gasteiger partial charge in [-0.05, 0) is 74.4 Å². The molecule has 0 aromatic heterocycles. The Bertz CT molecular complexity index is 1160. The van der Waals surface area contributed by atoms with Crippen LogP contribution in [0.4, 0.5) is 5.69 Å². The van der Waals surface area contributed by atoms with E-state index in [1.807, 2.05) is 26.8 Å². The number of anilines is 1. The SMILES string of the molecule is C=C/C=C(\C=C/CN(C)c1ccccc1/C=C/CC)c1ccc(CC(=C/C=C(C)C)/C=C/C)cc1.C=CC.CC. The summed E-state index contributed by atoms with van der Waals surface area (Å²) >= 11 is 0. The van der Waals surface area contributed by atoms with Crippen molar-refractivity contribution in [3.8, 4) is 0 Å². The molecule has 0 spiro atoms. The first-order valence-corrected chi connectivity index (χ1v) is 14.5. The van der Waals surface area contributed by atoms with Crippen molar-refractivity contribution < 1.29 is 0 Å². The van der Waals surface area contributed by atoms with E-state index < -0.39 is 0 Å². The molecule has 214 valence electrons. The maximum Gasteiger partial charge on any atom is 0.0439 e. The Balaban J connectivity index is 0.00000284. The standard InChI is InChI=1S/C34H41N.C3H6.C2H6/c1-7-10-16-33-17-11-12-19-34(33)35(6)26-13-18-31(15-9-3)32-24-22-30(23-25-32)27-29(14-8-2)21-20-28(4)5;1-3-2;1-2/h8-25H,3,7,26-27H2,1-2,4-6H3;3H,1H2,2H3;1-2H3/b14-8+,16-10+,18-13-,29-21+,31-15+;;. The first-order valence-electron chi connectivity index (χ1n) is 14.5. The number of hydrogen-bond acceptors (Lipinski definition) is 1. The Morgan fingerprint density at radius 1 is 0.850 bits per heavy atom. The monoisotopic (exact) mass is 535 g/mol. The Morgan fingerprint density at radius 2 is 1.50 bits per heavy atom. The third-order valence-corrected chi connectivity index (χ3v) is 5.56. The lowest BCUT2D eigenvalue weighted by Gasteiger charge is -2.20. The van der Waals surface area contributed by atoms with Crippen LogP contribution in [-0.4, -0.2) is 13.6 Å². The summed E-state index contributed by atoms with van der Waals surface area (Å²) in [6.45, 7) is 22.5. The molecule has 0 unspecified atom stereocenters. The average molecular weight is 536 g/mol. The Morgan fingerprint density at radius 3 is 2.08 bits per heavy atom. The van der Waals surface area contributed by atoms with Crippen molar-refractivity contribution in [1.82, 2.24) is 0 Å². The Kier molecular flexibility index (Phi) is 20.9. The van der Waals surface area contributed by atoms with Crippen LogP contribution in [0.3, 0.4) is 0 Å². The number of allylic oxidation sites excluding steroid dienone is 12. The van der Waals surface area contributed by atoms with Crippen molar-refractivity contribution in [3.05, 3.63) is 150 Å². The molecular weight excluding hydrogens is 482 g/mol. The Labute approximate surface area is 247 Å². The van der Waals surface area contributed by atoms with Gasteiger partial charge in [0.1, 0.15) is 0 Å². The van der Waals surface area contributed by atoms with E-state index in [9.17, 15) is 0 Å². The summed E-state index contributed by atoms with van der Waals surface area (Å²) in [5.41, 5.74) is 8.75. The highest BCUT2D eigenvalue weighted by Crippen LogP contribution is 2.22. The van der Waals surface area contributed by atoms with Gasteiger partial charge in [0.15, 0.2) is 0 Å². The maximum atomic E-state index is 3.92. The maximum absolute atomic E-state index is 3.92. The van der Waals surface area contributed by atoms with Gasteiger partial charge in [0.2, 0.25) is 0 Å². The number of likely N-dealkylation sites (N-methyl/N-ethyl adjacent to an activating group) is 1. The fourth-order valence-corrected chi connectivity index (χ4v) is 3.74. The van der Waals surface area contributed by atoms with Crippen LogP contribution in [0.2, 0.25) is 0 Å². The molecule has 2 aromatic rings. The van der Waals surface area contributed by atoms with Crippen LogP contribution in [0.25, 0.3) is 11.6 Å². The van der Waals surface area contributed by atoms with Crippen LogP contribution < -0.4 is 4.90 Å². The fourth-order valence-electron chi connectivity index (χ4n) is 3.74. The lowest BCUT2D eigenvalue weighted by atomic mass is 9.99. The molecule has 0 aliphatic rings. The molecule has 0 aliphatic heterocycles. The third kappa shape index (κ3) is 14.9. The van der Waals surface area contributed by atoms with E-state index in [1.165, 1.54) is 33.5 Å². The first-order chi connectivity index (χ1) is 19.4. The molecule has 0 radical (unpaired) electrons. The molecule has 0 saturated heterocycles. The highest BCUT2D eigenvalue weighted by atomic mass is 15.1. The van der Waals surface area contributed by atoms with E-state index in [2.05, 4.69) is 156 Å². The van der Waals surface area contributed by atoms with E-state index in [4.69, 9.17) is 0 Å².